The van der Waals surface area contributed by atoms with E-state index < -0.39 is 11.9 Å². The van der Waals surface area contributed by atoms with Gasteiger partial charge in [-0.1, -0.05) is 24.3 Å². The highest BCUT2D eigenvalue weighted by molar-refractivity contribution is 6.21. The Morgan fingerprint density at radius 1 is 1.31 bits per heavy atom. The number of allylic oxidation sites excluding steroid dienone is 2. The molecule has 0 bridgehead atoms. The first-order chi connectivity index (χ1) is 14.1. The van der Waals surface area contributed by atoms with Crippen molar-refractivity contribution < 1.29 is 4.39 Å². The van der Waals surface area contributed by atoms with Crippen molar-refractivity contribution in [1.82, 2.24) is 14.5 Å². The van der Waals surface area contributed by atoms with Gasteiger partial charge >= 0.3 is 0 Å². The fourth-order valence-corrected chi connectivity index (χ4v) is 3.73. The zero-order chi connectivity index (χ0) is 20.4. The van der Waals surface area contributed by atoms with Gasteiger partial charge in [0, 0.05) is 6.20 Å². The first kappa shape index (κ1) is 19.0. The van der Waals surface area contributed by atoms with Crippen molar-refractivity contribution >= 4 is 40.3 Å². The van der Waals surface area contributed by atoms with Crippen molar-refractivity contribution in [1.29, 1.82) is 0 Å². The monoisotopic (exact) mass is 406 g/mol. The largest absolute Gasteiger partial charge is 0.284 e. The maximum atomic E-state index is 13.8. The minimum atomic E-state index is -0.497. The van der Waals surface area contributed by atoms with Crippen molar-refractivity contribution in [2.45, 2.75) is 24.3 Å². The minimum absolute atomic E-state index is 0.199. The van der Waals surface area contributed by atoms with Crippen molar-refractivity contribution in [2.75, 3.05) is 0 Å². The van der Waals surface area contributed by atoms with Crippen LogP contribution in [-0.4, -0.2) is 19.9 Å². The molecule has 2 aromatic heterocycles. The lowest BCUT2D eigenvalue weighted by atomic mass is 10.0. The SMILES string of the molecule is [C-]#[N+]c1cccnc1/C=C/c1nc2ccc(F)cc2c(=O)n1[C@H]1C=CCC[C@H]1Cl. The third-order valence-electron chi connectivity index (χ3n) is 4.83. The van der Waals surface area contributed by atoms with Crippen LogP contribution in [0.5, 0.6) is 0 Å². The molecule has 3 aromatic rings. The van der Waals surface area contributed by atoms with E-state index in [1.807, 2.05) is 12.2 Å². The molecule has 0 fully saturated rings. The maximum Gasteiger partial charge on any atom is 0.262 e. The Hall–Kier alpha value is -3.30. The Bertz CT molecular complexity index is 1240. The number of pyridine rings is 1. The first-order valence-electron chi connectivity index (χ1n) is 9.11. The van der Waals surface area contributed by atoms with Gasteiger partial charge in [-0.15, -0.1) is 11.6 Å². The number of benzene rings is 1. The van der Waals surface area contributed by atoms with E-state index in [4.69, 9.17) is 18.2 Å². The molecule has 0 unspecified atom stereocenters. The molecule has 2 atom stereocenters. The molecule has 0 saturated heterocycles. The van der Waals surface area contributed by atoms with Crippen LogP contribution in [0.2, 0.25) is 0 Å². The molecule has 4 rings (SSSR count). The van der Waals surface area contributed by atoms with Crippen molar-refractivity contribution in [3.63, 3.8) is 0 Å². The summed E-state index contributed by atoms with van der Waals surface area (Å²) in [6.07, 6.45) is 10.3. The lowest BCUT2D eigenvalue weighted by Gasteiger charge is -2.26. The predicted octanol–water partition coefficient (Wildman–Crippen LogP) is 5.15. The summed E-state index contributed by atoms with van der Waals surface area (Å²) in [4.78, 5) is 25.5. The summed E-state index contributed by atoms with van der Waals surface area (Å²) in [5, 5.41) is -0.0871. The topological polar surface area (TPSA) is 52.1 Å². The first-order valence-corrected chi connectivity index (χ1v) is 9.55. The number of hydrogen-bond donors (Lipinski definition) is 0. The number of nitrogens with zero attached hydrogens (tertiary/aromatic N) is 4. The van der Waals surface area contributed by atoms with Gasteiger partial charge < -0.3 is 0 Å². The maximum absolute atomic E-state index is 13.8. The van der Waals surface area contributed by atoms with Crippen LogP contribution in [0.4, 0.5) is 10.1 Å². The van der Waals surface area contributed by atoms with Crippen LogP contribution in [0.15, 0.2) is 53.5 Å². The third kappa shape index (κ3) is 3.69. The molecule has 0 amide bonds. The van der Waals surface area contributed by atoms with Gasteiger partial charge in [0.25, 0.3) is 5.56 Å². The highest BCUT2D eigenvalue weighted by Gasteiger charge is 2.25. The molecule has 0 saturated carbocycles. The smallest absolute Gasteiger partial charge is 0.262 e. The highest BCUT2D eigenvalue weighted by atomic mass is 35.5. The molecule has 0 N–H and O–H groups in total. The van der Waals surface area contributed by atoms with Crippen LogP contribution in [0, 0.1) is 12.4 Å². The van der Waals surface area contributed by atoms with Gasteiger partial charge in [0.05, 0.1) is 34.6 Å². The van der Waals surface area contributed by atoms with Crippen molar-refractivity contribution in [2.24, 2.45) is 0 Å². The van der Waals surface area contributed by atoms with Crippen LogP contribution < -0.4 is 5.56 Å². The van der Waals surface area contributed by atoms with Crippen LogP contribution >= 0.6 is 11.6 Å². The average molecular weight is 407 g/mol. The second-order valence-corrected chi connectivity index (χ2v) is 7.23. The summed E-state index contributed by atoms with van der Waals surface area (Å²) in [6, 6.07) is 6.90. The molecule has 29 heavy (non-hydrogen) atoms. The van der Waals surface area contributed by atoms with Gasteiger partial charge in [-0.2, -0.15) is 0 Å². The number of fused-ring (bicyclic) bond motifs is 1. The van der Waals surface area contributed by atoms with E-state index in [1.165, 1.54) is 22.8 Å². The van der Waals surface area contributed by atoms with E-state index in [0.717, 1.165) is 12.8 Å². The van der Waals surface area contributed by atoms with Crippen LogP contribution in [0.1, 0.15) is 30.4 Å². The fraction of sp³-hybridized carbons (Fsp3) is 0.182. The lowest BCUT2D eigenvalue weighted by molar-refractivity contribution is 0.505. The summed E-state index contributed by atoms with van der Waals surface area (Å²) in [6.45, 7) is 7.28. The van der Waals surface area contributed by atoms with E-state index in [2.05, 4.69) is 14.8 Å². The molecule has 1 aliphatic carbocycles. The molecule has 0 radical (unpaired) electrons. The molecule has 144 valence electrons. The van der Waals surface area contributed by atoms with Crippen LogP contribution in [0.3, 0.4) is 0 Å². The highest BCUT2D eigenvalue weighted by Crippen LogP contribution is 2.29. The summed E-state index contributed by atoms with van der Waals surface area (Å²) < 4.78 is 15.2. The summed E-state index contributed by atoms with van der Waals surface area (Å²) >= 11 is 6.52. The molecule has 7 heteroatoms. The second kappa shape index (κ2) is 7.98. The molecule has 0 aliphatic heterocycles. The van der Waals surface area contributed by atoms with Crippen LogP contribution in [0.25, 0.3) is 27.9 Å². The van der Waals surface area contributed by atoms with Gasteiger partial charge in [0.2, 0.25) is 5.69 Å². The molecule has 1 aromatic carbocycles. The molecule has 1 aliphatic rings. The molecular weight excluding hydrogens is 391 g/mol. The summed E-state index contributed by atoms with van der Waals surface area (Å²) in [5.74, 6) is -0.124. The minimum Gasteiger partial charge on any atom is -0.284 e. The van der Waals surface area contributed by atoms with E-state index >= 15 is 0 Å². The second-order valence-electron chi connectivity index (χ2n) is 6.67. The summed E-state index contributed by atoms with van der Waals surface area (Å²) in [5.41, 5.74) is 0.907. The van der Waals surface area contributed by atoms with Gasteiger partial charge in [-0.05, 0) is 43.2 Å². The number of rotatable bonds is 3. The zero-order valence-corrected chi connectivity index (χ0v) is 16.1. The molecule has 2 heterocycles. The average Bonchev–Trinajstić information content (AvgIpc) is 2.74. The Kier molecular flexibility index (Phi) is 5.24. The number of hydrogen-bond acceptors (Lipinski definition) is 3. The Labute approximate surface area is 171 Å². The Balaban J connectivity index is 1.93. The van der Waals surface area contributed by atoms with Crippen molar-refractivity contribution in [3.8, 4) is 0 Å². The van der Waals surface area contributed by atoms with E-state index in [9.17, 15) is 9.18 Å². The van der Waals surface area contributed by atoms with Crippen molar-refractivity contribution in [3.05, 3.63) is 87.8 Å². The molecule has 0 spiro atoms. The number of aromatic nitrogens is 3. The number of alkyl halides is 1. The molecule has 5 nitrogen and oxygen atoms in total. The quantitative estimate of drug-likeness (QED) is 0.343. The van der Waals surface area contributed by atoms with Gasteiger partial charge in [0.1, 0.15) is 11.6 Å². The van der Waals surface area contributed by atoms with Gasteiger partial charge in [-0.25, -0.2) is 14.2 Å². The Morgan fingerprint density at radius 2 is 2.17 bits per heavy atom. The molecular formula is C22H16ClFN4O. The van der Waals surface area contributed by atoms with E-state index in [-0.39, 0.29) is 16.3 Å². The van der Waals surface area contributed by atoms with Crippen LogP contribution in [-0.2, 0) is 0 Å². The number of halogens is 2. The normalized spacial score (nSPS) is 18.9. The summed E-state index contributed by atoms with van der Waals surface area (Å²) in [7, 11) is 0. The van der Waals surface area contributed by atoms with E-state index in [0.29, 0.717) is 22.7 Å². The van der Waals surface area contributed by atoms with Gasteiger partial charge in [0.15, 0.2) is 0 Å². The Morgan fingerprint density at radius 3 is 2.97 bits per heavy atom. The standard InChI is InChI=1S/C22H16ClFN4O/c1-25-18-6-4-12-26-19(18)10-11-21-27-17-9-8-14(24)13-15(17)22(29)28(21)20-7-3-2-5-16(20)23/h3-4,6-13,16,20H,2,5H2/b11-10+/t16-,20+/m1/s1. The third-order valence-corrected chi connectivity index (χ3v) is 5.30. The zero-order valence-electron chi connectivity index (χ0n) is 15.3. The predicted molar refractivity (Wildman–Crippen MR) is 112 cm³/mol. The fourth-order valence-electron chi connectivity index (χ4n) is 3.41. The van der Waals surface area contributed by atoms with E-state index in [1.54, 1.807) is 30.5 Å². The van der Waals surface area contributed by atoms with Gasteiger partial charge in [-0.3, -0.25) is 14.3 Å². The lowest BCUT2D eigenvalue weighted by Crippen LogP contribution is -2.33.